The van der Waals surface area contributed by atoms with E-state index >= 15 is 0 Å². The number of benzene rings is 1. The van der Waals surface area contributed by atoms with Crippen molar-refractivity contribution in [1.82, 2.24) is 0 Å². The van der Waals surface area contributed by atoms with E-state index in [1.807, 2.05) is 20.8 Å². The average molecular weight is 311 g/mol. The van der Waals surface area contributed by atoms with Crippen LogP contribution in [0.2, 0.25) is 10.0 Å². The molecule has 0 fully saturated rings. The predicted molar refractivity (Wildman–Crippen MR) is 67.9 cm³/mol. The SMILES string of the molecule is Cc1c(Cl)c(C)c(C(Br)=NO)c(C)c1Cl. The van der Waals surface area contributed by atoms with Crippen LogP contribution in [0.4, 0.5) is 0 Å². The molecule has 82 valence electrons. The lowest BCUT2D eigenvalue weighted by molar-refractivity contribution is 0.321. The van der Waals surface area contributed by atoms with Crippen molar-refractivity contribution in [3.63, 3.8) is 0 Å². The van der Waals surface area contributed by atoms with E-state index in [0.717, 1.165) is 22.3 Å². The summed E-state index contributed by atoms with van der Waals surface area (Å²) in [6.07, 6.45) is 0. The highest BCUT2D eigenvalue weighted by molar-refractivity contribution is 9.18. The first-order chi connectivity index (χ1) is 6.91. The monoisotopic (exact) mass is 309 g/mol. The molecule has 1 aromatic carbocycles. The lowest BCUT2D eigenvalue weighted by atomic mass is 10.0. The Bertz CT molecular complexity index is 415. The first-order valence-electron chi connectivity index (χ1n) is 4.24. The standard InChI is InChI=1S/C10H10BrCl2NO/c1-4-7(10(11)14-15)5(2)9(13)6(3)8(4)12/h15H,1-3H3. The van der Waals surface area contributed by atoms with Crippen LogP contribution in [0.5, 0.6) is 0 Å². The molecule has 0 bridgehead atoms. The molecule has 0 atom stereocenters. The van der Waals surface area contributed by atoms with Crippen LogP contribution in [0, 0.1) is 20.8 Å². The summed E-state index contributed by atoms with van der Waals surface area (Å²) in [6, 6.07) is 0. The third-order valence-electron chi connectivity index (χ3n) is 2.36. The molecule has 0 spiro atoms. The van der Waals surface area contributed by atoms with E-state index in [2.05, 4.69) is 21.1 Å². The Morgan fingerprint density at radius 2 is 1.47 bits per heavy atom. The van der Waals surface area contributed by atoms with E-state index < -0.39 is 0 Å². The fourth-order valence-electron chi connectivity index (χ4n) is 1.52. The third kappa shape index (κ3) is 2.14. The third-order valence-corrected chi connectivity index (χ3v) is 4.05. The van der Waals surface area contributed by atoms with Gasteiger partial charge in [-0.1, -0.05) is 28.4 Å². The predicted octanol–water partition coefficient (Wildman–Crippen LogP) is 4.45. The maximum Gasteiger partial charge on any atom is 0.153 e. The van der Waals surface area contributed by atoms with Gasteiger partial charge in [-0.2, -0.15) is 0 Å². The molecule has 0 radical (unpaired) electrons. The molecule has 5 heteroatoms. The Morgan fingerprint density at radius 3 is 1.80 bits per heavy atom. The molecule has 2 nitrogen and oxygen atoms in total. The van der Waals surface area contributed by atoms with Crippen molar-refractivity contribution < 1.29 is 5.21 Å². The van der Waals surface area contributed by atoms with E-state index in [0.29, 0.717) is 14.7 Å². The van der Waals surface area contributed by atoms with Crippen LogP contribution >= 0.6 is 39.1 Å². The van der Waals surface area contributed by atoms with Gasteiger partial charge in [0.1, 0.15) is 0 Å². The van der Waals surface area contributed by atoms with Gasteiger partial charge in [-0.05, 0) is 53.4 Å². The van der Waals surface area contributed by atoms with Crippen molar-refractivity contribution in [1.29, 1.82) is 0 Å². The van der Waals surface area contributed by atoms with Crippen molar-refractivity contribution in [3.8, 4) is 0 Å². The second-order valence-corrected chi connectivity index (χ2v) is 4.78. The molecule has 0 unspecified atom stereocenters. The highest BCUT2D eigenvalue weighted by Gasteiger charge is 2.17. The number of halogens is 3. The average Bonchev–Trinajstić information content (AvgIpc) is 2.23. The van der Waals surface area contributed by atoms with Crippen molar-refractivity contribution in [3.05, 3.63) is 32.3 Å². The summed E-state index contributed by atoms with van der Waals surface area (Å²) >= 11 is 15.4. The largest absolute Gasteiger partial charge is 0.410 e. The molecule has 0 aliphatic rings. The lowest BCUT2D eigenvalue weighted by Crippen LogP contribution is -2.02. The van der Waals surface area contributed by atoms with Gasteiger partial charge in [0.15, 0.2) is 4.62 Å². The summed E-state index contributed by atoms with van der Waals surface area (Å²) in [5, 5.41) is 13.0. The van der Waals surface area contributed by atoms with Gasteiger partial charge in [0.05, 0.1) is 0 Å². The minimum Gasteiger partial charge on any atom is -0.410 e. The number of hydrogen-bond acceptors (Lipinski definition) is 2. The van der Waals surface area contributed by atoms with Gasteiger partial charge in [0, 0.05) is 15.6 Å². The smallest absolute Gasteiger partial charge is 0.153 e. The van der Waals surface area contributed by atoms with Gasteiger partial charge < -0.3 is 5.21 Å². The summed E-state index contributed by atoms with van der Waals surface area (Å²) in [7, 11) is 0. The van der Waals surface area contributed by atoms with Crippen LogP contribution in [0.1, 0.15) is 22.3 Å². The van der Waals surface area contributed by atoms with E-state index in [1.165, 1.54) is 0 Å². The van der Waals surface area contributed by atoms with Crippen molar-refractivity contribution in [2.75, 3.05) is 0 Å². The molecule has 0 amide bonds. The zero-order chi connectivity index (χ0) is 11.7. The molecule has 0 saturated carbocycles. The summed E-state index contributed by atoms with van der Waals surface area (Å²) in [4.78, 5) is 0. The Kier molecular flexibility index (Phi) is 4.04. The summed E-state index contributed by atoms with van der Waals surface area (Å²) < 4.78 is 0.335. The first-order valence-corrected chi connectivity index (χ1v) is 5.79. The zero-order valence-corrected chi connectivity index (χ0v) is 11.6. The number of hydrogen-bond donors (Lipinski definition) is 1. The van der Waals surface area contributed by atoms with Gasteiger partial charge in [0.25, 0.3) is 0 Å². The fraction of sp³-hybridized carbons (Fsp3) is 0.300. The summed E-state index contributed by atoms with van der Waals surface area (Å²) in [6.45, 7) is 5.58. The molecule has 0 saturated heterocycles. The Hall–Kier alpha value is -0.250. The minimum absolute atomic E-state index is 0.335. The number of nitrogens with zero attached hydrogens (tertiary/aromatic N) is 1. The van der Waals surface area contributed by atoms with Gasteiger partial charge in [0.2, 0.25) is 0 Å². The van der Waals surface area contributed by atoms with E-state index in [4.69, 9.17) is 28.4 Å². The van der Waals surface area contributed by atoms with Crippen LogP contribution in [0.25, 0.3) is 0 Å². The molecule has 1 aromatic rings. The second-order valence-electron chi connectivity index (χ2n) is 3.27. The molecule has 0 aromatic heterocycles. The maximum absolute atomic E-state index is 8.74. The summed E-state index contributed by atoms with van der Waals surface area (Å²) in [5.74, 6) is 0. The first kappa shape index (κ1) is 12.8. The summed E-state index contributed by atoms with van der Waals surface area (Å²) in [5.41, 5.74) is 3.27. The Labute approximate surface area is 107 Å². The fourth-order valence-corrected chi connectivity index (χ4v) is 2.54. The highest BCUT2D eigenvalue weighted by atomic mass is 79.9. The molecule has 15 heavy (non-hydrogen) atoms. The van der Waals surface area contributed by atoms with Gasteiger partial charge in [-0.3, -0.25) is 0 Å². The molecule has 1 rings (SSSR count). The number of rotatable bonds is 1. The van der Waals surface area contributed by atoms with E-state index in [9.17, 15) is 0 Å². The molecular formula is C10H10BrCl2NO. The van der Waals surface area contributed by atoms with Gasteiger partial charge in [-0.15, -0.1) is 0 Å². The molecule has 1 N–H and O–H groups in total. The van der Waals surface area contributed by atoms with Crippen LogP contribution < -0.4 is 0 Å². The van der Waals surface area contributed by atoms with E-state index in [1.54, 1.807) is 0 Å². The molecule has 0 aliphatic heterocycles. The van der Waals surface area contributed by atoms with Crippen molar-refractivity contribution in [2.45, 2.75) is 20.8 Å². The molecule has 0 aliphatic carbocycles. The zero-order valence-electron chi connectivity index (χ0n) is 8.53. The van der Waals surface area contributed by atoms with Crippen molar-refractivity contribution in [2.24, 2.45) is 5.16 Å². The normalized spacial score (nSPS) is 12.0. The quantitative estimate of drug-likeness (QED) is 0.464. The lowest BCUT2D eigenvalue weighted by Gasteiger charge is -2.14. The molecule has 0 heterocycles. The Morgan fingerprint density at radius 1 is 1.07 bits per heavy atom. The van der Waals surface area contributed by atoms with Crippen molar-refractivity contribution >= 4 is 43.8 Å². The van der Waals surface area contributed by atoms with Gasteiger partial charge >= 0.3 is 0 Å². The topological polar surface area (TPSA) is 32.6 Å². The minimum atomic E-state index is 0.335. The second kappa shape index (κ2) is 4.73. The van der Waals surface area contributed by atoms with Gasteiger partial charge in [-0.25, -0.2) is 0 Å². The Balaban J connectivity index is 3.67. The number of oxime groups is 1. The van der Waals surface area contributed by atoms with E-state index in [-0.39, 0.29) is 0 Å². The highest BCUT2D eigenvalue weighted by Crippen LogP contribution is 2.34. The molecular weight excluding hydrogens is 301 g/mol. The maximum atomic E-state index is 8.74. The van der Waals surface area contributed by atoms with Crippen LogP contribution in [0.3, 0.4) is 0 Å². The van der Waals surface area contributed by atoms with Crippen LogP contribution in [-0.4, -0.2) is 9.83 Å². The van der Waals surface area contributed by atoms with Crippen LogP contribution in [0.15, 0.2) is 5.16 Å². The van der Waals surface area contributed by atoms with Crippen LogP contribution in [-0.2, 0) is 0 Å².